The van der Waals surface area contributed by atoms with Crippen molar-refractivity contribution in [2.24, 2.45) is 0 Å². The maximum Gasteiger partial charge on any atom is 0.223 e. The fraction of sp³-hybridized carbons (Fsp3) is 0.562. The summed E-state index contributed by atoms with van der Waals surface area (Å²) in [6.07, 6.45) is -4.67. The van der Waals surface area contributed by atoms with Gasteiger partial charge in [-0.25, -0.2) is 0 Å². The lowest BCUT2D eigenvalue weighted by atomic mass is 9.97. The summed E-state index contributed by atoms with van der Waals surface area (Å²) >= 11 is 0. The molecule has 1 heterocycles. The number of carbonyl (C=O) groups excluding carboxylic acids is 1. The van der Waals surface area contributed by atoms with Crippen molar-refractivity contribution in [1.29, 1.82) is 0 Å². The van der Waals surface area contributed by atoms with Gasteiger partial charge in [0.2, 0.25) is 12.2 Å². The van der Waals surface area contributed by atoms with Gasteiger partial charge in [0.25, 0.3) is 0 Å². The van der Waals surface area contributed by atoms with Gasteiger partial charge in [0, 0.05) is 6.92 Å². The molecule has 0 aliphatic carbocycles. The molecular weight excluding hydrogens is 302 g/mol. The fourth-order valence-corrected chi connectivity index (χ4v) is 2.49. The van der Waals surface area contributed by atoms with Crippen LogP contribution in [0.15, 0.2) is 18.2 Å². The summed E-state index contributed by atoms with van der Waals surface area (Å²) in [5.74, 6) is 0.120. The number of aryl methyl sites for hydroxylation is 2. The summed E-state index contributed by atoms with van der Waals surface area (Å²) in [5, 5.41) is 31.9. The second-order valence-corrected chi connectivity index (χ2v) is 5.80. The van der Waals surface area contributed by atoms with E-state index in [0.29, 0.717) is 5.75 Å². The number of hydrogen-bond acceptors (Lipinski definition) is 6. The Morgan fingerprint density at radius 1 is 1.26 bits per heavy atom. The van der Waals surface area contributed by atoms with E-state index in [0.717, 1.165) is 11.1 Å². The third kappa shape index (κ3) is 4.00. The Morgan fingerprint density at radius 2 is 1.96 bits per heavy atom. The summed E-state index contributed by atoms with van der Waals surface area (Å²) in [7, 11) is 0. The van der Waals surface area contributed by atoms with E-state index in [4.69, 9.17) is 9.47 Å². The normalized spacial score (nSPS) is 30.8. The van der Waals surface area contributed by atoms with Gasteiger partial charge in [0.15, 0.2) is 0 Å². The highest BCUT2D eigenvalue weighted by molar-refractivity contribution is 5.73. The lowest BCUT2D eigenvalue weighted by Crippen LogP contribution is -2.65. The minimum Gasteiger partial charge on any atom is -0.463 e. The molecule has 4 N–H and O–H groups in total. The molecule has 1 aliphatic rings. The molecule has 1 fully saturated rings. The van der Waals surface area contributed by atoms with Crippen LogP contribution < -0.4 is 10.1 Å². The van der Waals surface area contributed by atoms with Gasteiger partial charge in [0.1, 0.15) is 30.1 Å². The molecule has 0 spiro atoms. The number of hydrogen-bond donors (Lipinski definition) is 4. The molecule has 23 heavy (non-hydrogen) atoms. The molecule has 1 saturated heterocycles. The predicted octanol–water partition coefficient (Wildman–Crippen LogP) is -0.374. The summed E-state index contributed by atoms with van der Waals surface area (Å²) in [6.45, 7) is 4.73. The summed E-state index contributed by atoms with van der Waals surface area (Å²) in [6, 6.07) is 4.50. The molecule has 0 radical (unpaired) electrons. The number of rotatable bonds is 4. The first-order valence-electron chi connectivity index (χ1n) is 7.47. The Labute approximate surface area is 134 Å². The topological polar surface area (TPSA) is 108 Å². The van der Waals surface area contributed by atoms with Crippen molar-refractivity contribution in [2.45, 2.75) is 51.4 Å². The third-order valence-electron chi connectivity index (χ3n) is 3.98. The third-order valence-corrected chi connectivity index (χ3v) is 3.98. The van der Waals surface area contributed by atoms with Crippen molar-refractivity contribution in [1.82, 2.24) is 5.32 Å². The van der Waals surface area contributed by atoms with Crippen molar-refractivity contribution in [3.63, 3.8) is 0 Å². The van der Waals surface area contributed by atoms with Crippen LogP contribution in [0, 0.1) is 13.8 Å². The SMILES string of the molecule is CC(=O)N[C@H]1[C@@H](Oc2ccc(C)c(C)c2)O[C@H](CO)[C@@H](O)[C@@H]1O. The van der Waals surface area contributed by atoms with E-state index >= 15 is 0 Å². The lowest BCUT2D eigenvalue weighted by molar-refractivity contribution is -0.244. The van der Waals surface area contributed by atoms with Gasteiger partial charge in [-0.05, 0) is 37.1 Å². The molecular formula is C16H23NO6. The predicted molar refractivity (Wildman–Crippen MR) is 81.9 cm³/mol. The Kier molecular flexibility index (Phi) is 5.59. The zero-order chi connectivity index (χ0) is 17.1. The minimum atomic E-state index is -1.32. The van der Waals surface area contributed by atoms with Gasteiger partial charge in [0.05, 0.1) is 6.61 Å². The van der Waals surface area contributed by atoms with Gasteiger partial charge in [-0.1, -0.05) is 6.07 Å². The van der Waals surface area contributed by atoms with E-state index < -0.39 is 37.3 Å². The molecule has 1 amide bonds. The van der Waals surface area contributed by atoms with Crippen molar-refractivity contribution in [2.75, 3.05) is 6.61 Å². The molecule has 1 aliphatic heterocycles. The molecule has 5 atom stereocenters. The van der Waals surface area contributed by atoms with Gasteiger partial charge in [-0.15, -0.1) is 0 Å². The molecule has 0 bridgehead atoms. The van der Waals surface area contributed by atoms with Crippen LogP contribution in [-0.2, 0) is 9.53 Å². The zero-order valence-corrected chi connectivity index (χ0v) is 13.4. The van der Waals surface area contributed by atoms with Crippen molar-refractivity contribution in [3.8, 4) is 5.75 Å². The average molecular weight is 325 g/mol. The van der Waals surface area contributed by atoms with E-state index in [1.54, 1.807) is 6.07 Å². The second kappa shape index (κ2) is 7.27. The molecule has 7 nitrogen and oxygen atoms in total. The number of aliphatic hydroxyl groups excluding tert-OH is 3. The van der Waals surface area contributed by atoms with E-state index in [1.165, 1.54) is 6.92 Å². The van der Waals surface area contributed by atoms with Crippen LogP contribution in [-0.4, -0.2) is 58.5 Å². The first-order valence-corrected chi connectivity index (χ1v) is 7.47. The summed E-state index contributed by atoms with van der Waals surface area (Å²) < 4.78 is 11.2. The van der Waals surface area contributed by atoms with E-state index in [9.17, 15) is 20.1 Å². The second-order valence-electron chi connectivity index (χ2n) is 5.80. The Morgan fingerprint density at radius 3 is 2.52 bits per heavy atom. The fourth-order valence-electron chi connectivity index (χ4n) is 2.49. The highest BCUT2D eigenvalue weighted by atomic mass is 16.7. The first kappa shape index (κ1) is 17.7. The number of carbonyl (C=O) groups is 1. The van der Waals surface area contributed by atoms with Crippen LogP contribution in [0.1, 0.15) is 18.1 Å². The maximum atomic E-state index is 11.3. The first-order chi connectivity index (χ1) is 10.8. The highest BCUT2D eigenvalue weighted by Gasteiger charge is 2.46. The van der Waals surface area contributed by atoms with Gasteiger partial charge in [-0.3, -0.25) is 4.79 Å². The molecule has 0 aromatic heterocycles. The van der Waals surface area contributed by atoms with Gasteiger partial charge in [-0.2, -0.15) is 0 Å². The Bertz CT molecular complexity index is 564. The van der Waals surface area contributed by atoms with Crippen LogP contribution in [0.4, 0.5) is 0 Å². The number of aliphatic hydroxyl groups is 3. The maximum absolute atomic E-state index is 11.3. The lowest BCUT2D eigenvalue weighted by Gasteiger charge is -2.42. The highest BCUT2D eigenvalue weighted by Crippen LogP contribution is 2.25. The molecule has 0 unspecified atom stereocenters. The largest absolute Gasteiger partial charge is 0.463 e. The summed E-state index contributed by atoms with van der Waals surface area (Å²) in [4.78, 5) is 11.3. The molecule has 1 aromatic rings. The molecule has 0 saturated carbocycles. The van der Waals surface area contributed by atoms with Crippen molar-refractivity contribution < 1.29 is 29.6 Å². The monoisotopic (exact) mass is 325 g/mol. The van der Waals surface area contributed by atoms with E-state index in [-0.39, 0.29) is 5.91 Å². The van der Waals surface area contributed by atoms with Gasteiger partial charge >= 0.3 is 0 Å². The van der Waals surface area contributed by atoms with Crippen LogP contribution in [0.3, 0.4) is 0 Å². The van der Waals surface area contributed by atoms with Crippen LogP contribution in [0.25, 0.3) is 0 Å². The number of nitrogens with one attached hydrogen (secondary N) is 1. The van der Waals surface area contributed by atoms with Crippen LogP contribution in [0.5, 0.6) is 5.75 Å². The average Bonchev–Trinajstić information content (AvgIpc) is 2.50. The summed E-state index contributed by atoms with van der Waals surface area (Å²) in [5.41, 5.74) is 2.12. The smallest absolute Gasteiger partial charge is 0.223 e. The Hall–Kier alpha value is -1.67. The van der Waals surface area contributed by atoms with E-state index in [1.807, 2.05) is 26.0 Å². The molecule has 1 aromatic carbocycles. The molecule has 2 rings (SSSR count). The Balaban J connectivity index is 2.23. The molecule has 128 valence electrons. The number of benzene rings is 1. The minimum absolute atomic E-state index is 0.388. The quantitative estimate of drug-likeness (QED) is 0.601. The number of ether oxygens (including phenoxy) is 2. The zero-order valence-electron chi connectivity index (χ0n) is 13.4. The number of amides is 1. The molecule has 7 heteroatoms. The van der Waals surface area contributed by atoms with Gasteiger partial charge < -0.3 is 30.1 Å². The van der Waals surface area contributed by atoms with Crippen LogP contribution in [0.2, 0.25) is 0 Å². The van der Waals surface area contributed by atoms with Crippen molar-refractivity contribution in [3.05, 3.63) is 29.3 Å². The van der Waals surface area contributed by atoms with Crippen LogP contribution >= 0.6 is 0 Å². The van der Waals surface area contributed by atoms with Crippen molar-refractivity contribution >= 4 is 5.91 Å². The standard InChI is InChI=1S/C16H23NO6/c1-8-4-5-11(6-9(8)2)22-16-13(17-10(3)19)15(21)14(20)12(7-18)23-16/h4-6,12-16,18,20-21H,7H2,1-3H3,(H,17,19)/t12-,13-,14-,15-,16+/m1/s1. The van der Waals surface area contributed by atoms with E-state index in [2.05, 4.69) is 5.32 Å².